The van der Waals surface area contributed by atoms with E-state index in [1.54, 1.807) is 49.4 Å². The number of ether oxygens (including phenoxy) is 1. The van der Waals surface area contributed by atoms with E-state index >= 15 is 0 Å². The number of hydrogen-bond donors (Lipinski definition) is 2. The molecule has 0 heterocycles. The van der Waals surface area contributed by atoms with E-state index in [2.05, 4.69) is 47.3 Å². The third-order valence-electron chi connectivity index (χ3n) is 4.97. The van der Waals surface area contributed by atoms with Crippen LogP contribution >= 0.6 is 27.5 Å². The zero-order chi connectivity index (χ0) is 24.2. The van der Waals surface area contributed by atoms with Crippen molar-refractivity contribution < 1.29 is 14.3 Å². The van der Waals surface area contributed by atoms with Gasteiger partial charge in [0.1, 0.15) is 5.75 Å². The van der Waals surface area contributed by atoms with Gasteiger partial charge in [-0.3, -0.25) is 9.59 Å². The quantitative estimate of drug-likeness (QED) is 0.359. The van der Waals surface area contributed by atoms with E-state index in [1.807, 2.05) is 24.3 Å². The highest BCUT2D eigenvalue weighted by Gasteiger charge is 2.17. The van der Waals surface area contributed by atoms with Crippen LogP contribution in [0.25, 0.3) is 0 Å². The number of anilines is 2. The van der Waals surface area contributed by atoms with Crippen molar-refractivity contribution >= 4 is 50.7 Å². The molecule has 5 nitrogen and oxygen atoms in total. The molecule has 3 rings (SSSR count). The van der Waals surface area contributed by atoms with E-state index in [1.165, 1.54) is 0 Å². The Morgan fingerprint density at radius 2 is 1.58 bits per heavy atom. The van der Waals surface area contributed by atoms with Gasteiger partial charge in [-0.05, 0) is 82.4 Å². The molecular weight excluding hydrogens is 504 g/mol. The third-order valence-corrected chi connectivity index (χ3v) is 5.82. The molecule has 3 aromatic carbocycles. The van der Waals surface area contributed by atoms with Gasteiger partial charge in [-0.1, -0.05) is 50.6 Å². The molecule has 0 saturated carbocycles. The fourth-order valence-electron chi connectivity index (χ4n) is 3.06. The maximum Gasteiger partial charge on any atom is 0.265 e. The summed E-state index contributed by atoms with van der Waals surface area (Å²) in [5.41, 5.74) is 2.86. The molecule has 2 N–H and O–H groups in total. The van der Waals surface area contributed by atoms with Crippen LogP contribution in [0.5, 0.6) is 5.75 Å². The van der Waals surface area contributed by atoms with Crippen LogP contribution in [0.1, 0.15) is 43.6 Å². The molecule has 0 radical (unpaired) electrons. The summed E-state index contributed by atoms with van der Waals surface area (Å²) in [6, 6.07) is 19.6. The first-order valence-electron chi connectivity index (χ1n) is 10.5. The first-order valence-corrected chi connectivity index (χ1v) is 11.6. The van der Waals surface area contributed by atoms with Gasteiger partial charge < -0.3 is 15.4 Å². The third kappa shape index (κ3) is 6.83. The molecule has 0 aliphatic carbocycles. The largest absolute Gasteiger partial charge is 0.480 e. The van der Waals surface area contributed by atoms with E-state index < -0.39 is 6.10 Å². The van der Waals surface area contributed by atoms with Gasteiger partial charge in [0, 0.05) is 22.0 Å². The summed E-state index contributed by atoms with van der Waals surface area (Å²) in [5, 5.41) is 6.25. The Hall–Kier alpha value is -2.83. The normalized spacial score (nSPS) is 12.1. The Morgan fingerprint density at radius 1 is 0.939 bits per heavy atom. The maximum absolute atomic E-state index is 12.6. The van der Waals surface area contributed by atoms with Crippen molar-refractivity contribution in [1.82, 2.24) is 0 Å². The Balaban J connectivity index is 1.63. The number of hydrogen-bond acceptors (Lipinski definition) is 3. The molecule has 0 saturated heterocycles. The first kappa shape index (κ1) is 24.8. The molecule has 172 valence electrons. The Labute approximate surface area is 207 Å². The van der Waals surface area contributed by atoms with Crippen LogP contribution < -0.4 is 15.4 Å². The highest BCUT2D eigenvalue weighted by molar-refractivity contribution is 9.10. The van der Waals surface area contributed by atoms with Crippen LogP contribution in [0.2, 0.25) is 5.02 Å². The highest BCUT2D eigenvalue weighted by Crippen LogP contribution is 2.29. The molecule has 3 aromatic rings. The van der Waals surface area contributed by atoms with Crippen LogP contribution in [-0.2, 0) is 10.2 Å². The number of carbonyl (C=O) groups excluding carboxylic acids is 2. The fraction of sp³-hybridized carbons (Fsp3) is 0.231. The van der Waals surface area contributed by atoms with E-state index in [-0.39, 0.29) is 17.2 Å². The molecule has 0 fully saturated rings. The van der Waals surface area contributed by atoms with Crippen molar-refractivity contribution in [2.24, 2.45) is 0 Å². The van der Waals surface area contributed by atoms with Crippen molar-refractivity contribution in [3.8, 4) is 5.75 Å². The fourth-order valence-corrected chi connectivity index (χ4v) is 3.83. The van der Waals surface area contributed by atoms with Gasteiger partial charge in [0.2, 0.25) is 0 Å². The van der Waals surface area contributed by atoms with Crippen molar-refractivity contribution in [3.63, 3.8) is 0 Å². The van der Waals surface area contributed by atoms with Crippen LogP contribution in [0, 0.1) is 0 Å². The number of benzene rings is 3. The zero-order valence-electron chi connectivity index (χ0n) is 18.9. The van der Waals surface area contributed by atoms with Gasteiger partial charge in [0.05, 0.1) is 4.47 Å². The molecule has 1 unspecified atom stereocenters. The summed E-state index contributed by atoms with van der Waals surface area (Å²) in [4.78, 5) is 25.2. The predicted molar refractivity (Wildman–Crippen MR) is 137 cm³/mol. The summed E-state index contributed by atoms with van der Waals surface area (Å²) < 4.78 is 6.39. The standard InChI is InChI=1S/C26H26BrClN2O3/c1-16(33-23-13-12-19(28)14-22(23)27)24(31)29-20-6-5-7-21(15-20)30-25(32)17-8-10-18(11-9-17)26(2,3)4/h5-16H,1-4H3,(H,29,31)(H,30,32). The van der Waals surface area contributed by atoms with Gasteiger partial charge in [-0.2, -0.15) is 0 Å². The average Bonchev–Trinajstić information content (AvgIpc) is 2.75. The monoisotopic (exact) mass is 528 g/mol. The molecule has 2 amide bonds. The number of rotatable bonds is 6. The summed E-state index contributed by atoms with van der Waals surface area (Å²) >= 11 is 9.32. The molecule has 0 bridgehead atoms. The molecular formula is C26H26BrClN2O3. The lowest BCUT2D eigenvalue weighted by Gasteiger charge is -2.19. The van der Waals surface area contributed by atoms with Crippen molar-refractivity contribution in [3.05, 3.63) is 87.4 Å². The molecule has 0 aliphatic rings. The van der Waals surface area contributed by atoms with Crippen molar-refractivity contribution in [2.75, 3.05) is 10.6 Å². The lowest BCUT2D eigenvalue weighted by Crippen LogP contribution is -2.30. The number of nitrogens with one attached hydrogen (secondary N) is 2. The SMILES string of the molecule is CC(Oc1ccc(Cl)cc1Br)C(=O)Nc1cccc(NC(=O)c2ccc(C(C)(C)C)cc2)c1. The van der Waals surface area contributed by atoms with E-state index in [9.17, 15) is 9.59 Å². The van der Waals surface area contributed by atoms with E-state index in [0.717, 1.165) is 5.56 Å². The lowest BCUT2D eigenvalue weighted by molar-refractivity contribution is -0.122. The lowest BCUT2D eigenvalue weighted by atomic mass is 9.87. The second-order valence-corrected chi connectivity index (χ2v) is 9.98. The predicted octanol–water partition coefficient (Wildman–Crippen LogP) is 7.06. The zero-order valence-corrected chi connectivity index (χ0v) is 21.3. The van der Waals surface area contributed by atoms with Crippen LogP contribution in [0.15, 0.2) is 71.2 Å². The summed E-state index contributed by atoms with van der Waals surface area (Å²) in [6.07, 6.45) is -0.748. The topological polar surface area (TPSA) is 67.4 Å². The van der Waals surface area contributed by atoms with Gasteiger partial charge in [-0.15, -0.1) is 0 Å². The molecule has 0 aliphatic heterocycles. The van der Waals surface area contributed by atoms with Gasteiger partial charge >= 0.3 is 0 Å². The average molecular weight is 530 g/mol. The van der Waals surface area contributed by atoms with Gasteiger partial charge in [0.25, 0.3) is 11.8 Å². The molecule has 33 heavy (non-hydrogen) atoms. The van der Waals surface area contributed by atoms with Crippen molar-refractivity contribution in [2.45, 2.75) is 39.2 Å². The molecule has 7 heteroatoms. The highest BCUT2D eigenvalue weighted by atomic mass is 79.9. The first-order chi connectivity index (χ1) is 15.5. The summed E-state index contributed by atoms with van der Waals surface area (Å²) in [7, 11) is 0. The molecule has 1 atom stereocenters. The summed E-state index contributed by atoms with van der Waals surface area (Å²) in [5.74, 6) is -0.0261. The second kappa shape index (κ2) is 10.4. The molecule has 0 aromatic heterocycles. The maximum atomic E-state index is 12.6. The van der Waals surface area contributed by atoms with Crippen molar-refractivity contribution in [1.29, 1.82) is 0 Å². The van der Waals surface area contributed by atoms with Gasteiger partial charge in [-0.25, -0.2) is 0 Å². The van der Waals surface area contributed by atoms with Crippen LogP contribution in [0.4, 0.5) is 11.4 Å². The van der Waals surface area contributed by atoms with Crippen LogP contribution in [-0.4, -0.2) is 17.9 Å². The Kier molecular flexibility index (Phi) is 7.82. The minimum absolute atomic E-state index is 0.0199. The van der Waals surface area contributed by atoms with E-state index in [0.29, 0.717) is 32.2 Å². The number of carbonyl (C=O) groups is 2. The van der Waals surface area contributed by atoms with Crippen LogP contribution in [0.3, 0.4) is 0 Å². The molecule has 0 spiro atoms. The Morgan fingerprint density at radius 3 is 2.18 bits per heavy atom. The van der Waals surface area contributed by atoms with Gasteiger partial charge in [0.15, 0.2) is 6.10 Å². The van der Waals surface area contributed by atoms with E-state index in [4.69, 9.17) is 16.3 Å². The minimum Gasteiger partial charge on any atom is -0.480 e. The Bertz CT molecular complexity index is 1160. The summed E-state index contributed by atoms with van der Waals surface area (Å²) in [6.45, 7) is 8.04. The number of amides is 2. The number of halogens is 2. The minimum atomic E-state index is -0.748. The smallest absolute Gasteiger partial charge is 0.265 e. The second-order valence-electron chi connectivity index (χ2n) is 8.69.